The second kappa shape index (κ2) is 5.33. The zero-order valence-corrected chi connectivity index (χ0v) is 10.2. The standard InChI is InChI=1S/C13H15F2NO2/c1-9(17)16-6-4-11(5-7-16)18-13-8-10(14)2-3-12(13)15/h2-3,8,11H,4-7H2,1H3. The summed E-state index contributed by atoms with van der Waals surface area (Å²) in [6, 6.07) is 3.16. The third-order valence-electron chi connectivity index (χ3n) is 3.07. The van der Waals surface area contributed by atoms with E-state index in [9.17, 15) is 13.6 Å². The van der Waals surface area contributed by atoms with Gasteiger partial charge in [0.1, 0.15) is 11.9 Å². The fourth-order valence-electron chi connectivity index (χ4n) is 2.04. The summed E-state index contributed by atoms with van der Waals surface area (Å²) < 4.78 is 31.8. The van der Waals surface area contributed by atoms with Crippen molar-refractivity contribution in [3.63, 3.8) is 0 Å². The average Bonchev–Trinajstić information content (AvgIpc) is 2.34. The molecule has 98 valence electrons. The van der Waals surface area contributed by atoms with E-state index in [-0.39, 0.29) is 17.8 Å². The van der Waals surface area contributed by atoms with Crippen LogP contribution in [0.3, 0.4) is 0 Å². The zero-order chi connectivity index (χ0) is 13.1. The van der Waals surface area contributed by atoms with Crippen molar-refractivity contribution in [3.05, 3.63) is 29.8 Å². The first-order valence-corrected chi connectivity index (χ1v) is 5.93. The van der Waals surface area contributed by atoms with Gasteiger partial charge in [0.25, 0.3) is 0 Å². The molecule has 2 rings (SSSR count). The molecule has 0 bridgehead atoms. The summed E-state index contributed by atoms with van der Waals surface area (Å²) in [5, 5.41) is 0. The summed E-state index contributed by atoms with van der Waals surface area (Å²) in [4.78, 5) is 12.9. The van der Waals surface area contributed by atoms with Crippen LogP contribution in [-0.4, -0.2) is 30.0 Å². The molecule has 0 saturated carbocycles. The maximum absolute atomic E-state index is 13.4. The van der Waals surface area contributed by atoms with Crippen molar-refractivity contribution in [2.45, 2.75) is 25.9 Å². The molecule has 0 radical (unpaired) electrons. The number of likely N-dealkylation sites (tertiary alicyclic amines) is 1. The molecule has 18 heavy (non-hydrogen) atoms. The van der Waals surface area contributed by atoms with Crippen LogP contribution in [0.4, 0.5) is 8.78 Å². The fraction of sp³-hybridized carbons (Fsp3) is 0.462. The second-order valence-electron chi connectivity index (χ2n) is 4.40. The van der Waals surface area contributed by atoms with Crippen molar-refractivity contribution in [3.8, 4) is 5.75 Å². The van der Waals surface area contributed by atoms with Crippen LogP contribution < -0.4 is 4.74 Å². The van der Waals surface area contributed by atoms with E-state index in [2.05, 4.69) is 0 Å². The Kier molecular flexibility index (Phi) is 3.79. The fourth-order valence-corrected chi connectivity index (χ4v) is 2.04. The molecule has 1 aromatic rings. The number of amides is 1. The maximum atomic E-state index is 13.4. The van der Waals surface area contributed by atoms with Crippen molar-refractivity contribution >= 4 is 5.91 Å². The quantitative estimate of drug-likeness (QED) is 0.812. The Bertz CT molecular complexity index is 443. The Labute approximate surface area is 104 Å². The van der Waals surface area contributed by atoms with Crippen LogP contribution in [0.2, 0.25) is 0 Å². The van der Waals surface area contributed by atoms with Gasteiger partial charge in [-0.05, 0) is 12.1 Å². The van der Waals surface area contributed by atoms with Gasteiger partial charge in [-0.3, -0.25) is 4.79 Å². The molecule has 1 fully saturated rings. The molecule has 1 saturated heterocycles. The molecule has 0 aliphatic carbocycles. The molecule has 1 aromatic carbocycles. The number of carbonyl (C=O) groups is 1. The summed E-state index contributed by atoms with van der Waals surface area (Å²) in [6.45, 7) is 2.71. The lowest BCUT2D eigenvalue weighted by molar-refractivity contribution is -0.130. The largest absolute Gasteiger partial charge is 0.487 e. The number of carbonyl (C=O) groups excluding carboxylic acids is 1. The molecule has 3 nitrogen and oxygen atoms in total. The molecular formula is C13H15F2NO2. The van der Waals surface area contributed by atoms with E-state index in [1.54, 1.807) is 4.90 Å². The number of rotatable bonds is 2. The van der Waals surface area contributed by atoms with Gasteiger partial charge < -0.3 is 9.64 Å². The van der Waals surface area contributed by atoms with Crippen molar-refractivity contribution in [1.29, 1.82) is 0 Å². The van der Waals surface area contributed by atoms with Gasteiger partial charge >= 0.3 is 0 Å². The minimum Gasteiger partial charge on any atom is -0.487 e. The Morgan fingerprint density at radius 2 is 2.00 bits per heavy atom. The maximum Gasteiger partial charge on any atom is 0.219 e. The van der Waals surface area contributed by atoms with Gasteiger partial charge in [0, 0.05) is 38.9 Å². The van der Waals surface area contributed by atoms with Gasteiger partial charge in [0.2, 0.25) is 5.91 Å². The lowest BCUT2D eigenvalue weighted by Crippen LogP contribution is -2.40. The molecule has 0 N–H and O–H groups in total. The van der Waals surface area contributed by atoms with E-state index in [4.69, 9.17) is 4.74 Å². The molecule has 0 aromatic heterocycles. The Morgan fingerprint density at radius 1 is 1.33 bits per heavy atom. The summed E-state index contributed by atoms with van der Waals surface area (Å²) in [5.74, 6) is -1.11. The van der Waals surface area contributed by atoms with Crippen LogP contribution >= 0.6 is 0 Å². The number of ether oxygens (including phenoxy) is 1. The third kappa shape index (κ3) is 2.97. The van der Waals surface area contributed by atoms with E-state index in [0.717, 1.165) is 18.2 Å². The Hall–Kier alpha value is -1.65. The van der Waals surface area contributed by atoms with Gasteiger partial charge in [0.05, 0.1) is 0 Å². The van der Waals surface area contributed by atoms with E-state index in [1.165, 1.54) is 6.92 Å². The normalized spacial score (nSPS) is 16.7. The number of nitrogens with zero attached hydrogens (tertiary/aromatic N) is 1. The number of hydrogen-bond donors (Lipinski definition) is 0. The van der Waals surface area contributed by atoms with E-state index in [0.29, 0.717) is 25.9 Å². The van der Waals surface area contributed by atoms with E-state index < -0.39 is 11.6 Å². The van der Waals surface area contributed by atoms with Gasteiger partial charge in [-0.2, -0.15) is 0 Å². The van der Waals surface area contributed by atoms with Crippen LogP contribution in [0.1, 0.15) is 19.8 Å². The lowest BCUT2D eigenvalue weighted by Gasteiger charge is -2.31. The minimum absolute atomic E-state index is 0.0328. The SMILES string of the molecule is CC(=O)N1CCC(Oc2cc(F)ccc2F)CC1. The van der Waals surface area contributed by atoms with Gasteiger partial charge in [-0.1, -0.05) is 0 Å². The highest BCUT2D eigenvalue weighted by molar-refractivity contribution is 5.73. The summed E-state index contributed by atoms with van der Waals surface area (Å²) in [5.41, 5.74) is 0. The first-order chi connectivity index (χ1) is 8.56. The third-order valence-corrected chi connectivity index (χ3v) is 3.07. The number of hydrogen-bond acceptors (Lipinski definition) is 2. The monoisotopic (exact) mass is 255 g/mol. The molecular weight excluding hydrogens is 240 g/mol. The topological polar surface area (TPSA) is 29.5 Å². The highest BCUT2D eigenvalue weighted by atomic mass is 19.1. The van der Waals surface area contributed by atoms with Gasteiger partial charge in [-0.25, -0.2) is 8.78 Å². The molecule has 5 heteroatoms. The van der Waals surface area contributed by atoms with Crippen LogP contribution in [-0.2, 0) is 4.79 Å². The second-order valence-corrected chi connectivity index (χ2v) is 4.40. The summed E-state index contributed by atoms with van der Waals surface area (Å²) in [6.07, 6.45) is 1.10. The highest BCUT2D eigenvalue weighted by Gasteiger charge is 2.22. The minimum atomic E-state index is -0.564. The zero-order valence-electron chi connectivity index (χ0n) is 10.2. The number of piperidine rings is 1. The lowest BCUT2D eigenvalue weighted by atomic mass is 10.1. The Balaban J connectivity index is 1.95. The Morgan fingerprint density at radius 3 is 2.61 bits per heavy atom. The number of benzene rings is 1. The van der Waals surface area contributed by atoms with Crippen molar-refractivity contribution in [1.82, 2.24) is 4.90 Å². The van der Waals surface area contributed by atoms with Crippen molar-refractivity contribution in [2.75, 3.05) is 13.1 Å². The molecule has 1 amide bonds. The van der Waals surface area contributed by atoms with E-state index in [1.807, 2.05) is 0 Å². The van der Waals surface area contributed by atoms with Crippen molar-refractivity contribution in [2.24, 2.45) is 0 Å². The number of halogens is 2. The smallest absolute Gasteiger partial charge is 0.219 e. The molecule has 1 aliphatic rings. The van der Waals surface area contributed by atoms with Gasteiger partial charge in [-0.15, -0.1) is 0 Å². The highest BCUT2D eigenvalue weighted by Crippen LogP contribution is 2.23. The predicted octanol–water partition coefficient (Wildman–Crippen LogP) is 2.35. The average molecular weight is 255 g/mol. The van der Waals surface area contributed by atoms with Gasteiger partial charge in [0.15, 0.2) is 11.6 Å². The first-order valence-electron chi connectivity index (χ1n) is 5.93. The van der Waals surface area contributed by atoms with Crippen LogP contribution in [0.5, 0.6) is 5.75 Å². The molecule has 0 atom stereocenters. The molecule has 1 heterocycles. The molecule has 0 unspecified atom stereocenters. The van der Waals surface area contributed by atoms with Crippen LogP contribution in [0, 0.1) is 11.6 Å². The predicted molar refractivity (Wildman–Crippen MR) is 62.3 cm³/mol. The van der Waals surface area contributed by atoms with Crippen molar-refractivity contribution < 1.29 is 18.3 Å². The molecule has 1 aliphatic heterocycles. The molecule has 0 spiro atoms. The van der Waals surface area contributed by atoms with Crippen LogP contribution in [0.15, 0.2) is 18.2 Å². The van der Waals surface area contributed by atoms with E-state index >= 15 is 0 Å². The summed E-state index contributed by atoms with van der Waals surface area (Å²) in [7, 11) is 0. The van der Waals surface area contributed by atoms with Crippen LogP contribution in [0.25, 0.3) is 0 Å². The first kappa shape index (κ1) is 12.8. The summed E-state index contributed by atoms with van der Waals surface area (Å²) >= 11 is 0.